The SMILES string of the molecule is O=C(/C=C/c1cccc(F)c1)C1C=CC=C1. The smallest absolute Gasteiger partial charge is 0.166 e. The maximum atomic E-state index is 12.9. The highest BCUT2D eigenvalue weighted by Gasteiger charge is 2.10. The molecule has 0 aliphatic heterocycles. The monoisotopic (exact) mass is 214 g/mol. The van der Waals surface area contributed by atoms with Crippen molar-refractivity contribution in [3.8, 4) is 0 Å². The minimum atomic E-state index is -0.296. The third kappa shape index (κ3) is 2.54. The normalized spacial score (nSPS) is 15.1. The molecule has 0 bridgehead atoms. The molecule has 80 valence electrons. The molecule has 0 saturated carbocycles. The Morgan fingerprint density at radius 1 is 1.25 bits per heavy atom. The number of halogens is 1. The van der Waals surface area contributed by atoms with Gasteiger partial charge in [-0.25, -0.2) is 4.39 Å². The van der Waals surface area contributed by atoms with Gasteiger partial charge in [0.2, 0.25) is 0 Å². The highest BCUT2D eigenvalue weighted by molar-refractivity contribution is 5.98. The van der Waals surface area contributed by atoms with Crippen molar-refractivity contribution < 1.29 is 9.18 Å². The predicted octanol–water partition coefficient (Wildman–Crippen LogP) is 3.15. The molecule has 1 nitrogen and oxygen atoms in total. The first-order valence-electron chi connectivity index (χ1n) is 5.08. The fourth-order valence-corrected chi connectivity index (χ4v) is 1.52. The van der Waals surface area contributed by atoms with Gasteiger partial charge in [0.05, 0.1) is 5.92 Å². The van der Waals surface area contributed by atoms with E-state index in [4.69, 9.17) is 0 Å². The Hall–Kier alpha value is -1.96. The van der Waals surface area contributed by atoms with E-state index in [9.17, 15) is 9.18 Å². The Morgan fingerprint density at radius 2 is 2.00 bits per heavy atom. The average Bonchev–Trinajstić information content (AvgIpc) is 2.79. The number of hydrogen-bond acceptors (Lipinski definition) is 1. The van der Waals surface area contributed by atoms with Gasteiger partial charge in [-0.2, -0.15) is 0 Å². The molecule has 0 atom stereocenters. The number of benzene rings is 1. The van der Waals surface area contributed by atoms with Gasteiger partial charge in [-0.05, 0) is 23.8 Å². The number of carbonyl (C=O) groups is 1. The summed E-state index contributed by atoms with van der Waals surface area (Å²) in [4.78, 5) is 11.6. The van der Waals surface area contributed by atoms with Gasteiger partial charge in [-0.3, -0.25) is 4.79 Å². The van der Waals surface area contributed by atoms with E-state index < -0.39 is 0 Å². The lowest BCUT2D eigenvalue weighted by molar-refractivity contribution is -0.115. The van der Waals surface area contributed by atoms with Crippen LogP contribution in [0, 0.1) is 11.7 Å². The Balaban J connectivity index is 2.06. The fraction of sp³-hybridized carbons (Fsp3) is 0.0714. The molecule has 1 aromatic carbocycles. The van der Waals surface area contributed by atoms with Gasteiger partial charge >= 0.3 is 0 Å². The van der Waals surface area contributed by atoms with Crippen LogP contribution in [0.25, 0.3) is 6.08 Å². The topological polar surface area (TPSA) is 17.1 Å². The van der Waals surface area contributed by atoms with Crippen molar-refractivity contribution in [3.63, 3.8) is 0 Å². The number of carbonyl (C=O) groups excluding carboxylic acids is 1. The Bertz CT molecular complexity index is 471. The second kappa shape index (κ2) is 4.71. The van der Waals surface area contributed by atoms with Crippen LogP contribution < -0.4 is 0 Å². The molecule has 0 heterocycles. The van der Waals surface area contributed by atoms with Crippen LogP contribution in [-0.4, -0.2) is 5.78 Å². The molecular weight excluding hydrogens is 203 g/mol. The molecule has 0 unspecified atom stereocenters. The summed E-state index contributed by atoms with van der Waals surface area (Å²) in [7, 11) is 0. The van der Waals surface area contributed by atoms with Gasteiger partial charge in [-0.15, -0.1) is 0 Å². The van der Waals surface area contributed by atoms with E-state index in [1.165, 1.54) is 18.2 Å². The van der Waals surface area contributed by atoms with Gasteiger partial charge in [0.25, 0.3) is 0 Å². The molecule has 0 radical (unpaired) electrons. The summed E-state index contributed by atoms with van der Waals surface area (Å²) < 4.78 is 12.9. The summed E-state index contributed by atoms with van der Waals surface area (Å²) >= 11 is 0. The molecule has 0 spiro atoms. The third-order valence-electron chi connectivity index (χ3n) is 2.37. The molecular formula is C14H11FO. The molecule has 0 saturated heterocycles. The maximum absolute atomic E-state index is 12.9. The summed E-state index contributed by atoms with van der Waals surface area (Å²) in [6.07, 6.45) is 10.5. The molecule has 16 heavy (non-hydrogen) atoms. The largest absolute Gasteiger partial charge is 0.294 e. The standard InChI is InChI=1S/C14H11FO/c15-13-7-3-4-11(10-13)8-9-14(16)12-5-1-2-6-12/h1-10,12H/b9-8+. The van der Waals surface area contributed by atoms with Crippen LogP contribution in [0.3, 0.4) is 0 Å². The Kier molecular flexibility index (Phi) is 3.10. The van der Waals surface area contributed by atoms with Crippen molar-refractivity contribution >= 4 is 11.9 Å². The Morgan fingerprint density at radius 3 is 2.69 bits per heavy atom. The quantitative estimate of drug-likeness (QED) is 0.706. The lowest BCUT2D eigenvalue weighted by atomic mass is 10.1. The van der Waals surface area contributed by atoms with Crippen molar-refractivity contribution in [1.82, 2.24) is 0 Å². The molecule has 0 aromatic heterocycles. The van der Waals surface area contributed by atoms with E-state index in [1.54, 1.807) is 18.2 Å². The van der Waals surface area contributed by atoms with Crippen LogP contribution in [0.2, 0.25) is 0 Å². The van der Waals surface area contributed by atoms with E-state index in [0.717, 1.165) is 0 Å². The lowest BCUT2D eigenvalue weighted by Crippen LogP contribution is -2.03. The second-order valence-electron chi connectivity index (χ2n) is 3.59. The summed E-state index contributed by atoms with van der Waals surface area (Å²) in [6, 6.07) is 6.15. The summed E-state index contributed by atoms with van der Waals surface area (Å²) in [5, 5.41) is 0. The van der Waals surface area contributed by atoms with Gasteiger partial charge < -0.3 is 0 Å². The summed E-state index contributed by atoms with van der Waals surface area (Å²) in [5.74, 6) is -0.450. The van der Waals surface area contributed by atoms with Crippen LogP contribution in [0.4, 0.5) is 4.39 Å². The lowest BCUT2D eigenvalue weighted by Gasteiger charge is -1.98. The Labute approximate surface area is 93.6 Å². The highest BCUT2D eigenvalue weighted by Crippen LogP contribution is 2.12. The van der Waals surface area contributed by atoms with Crippen molar-refractivity contribution in [1.29, 1.82) is 0 Å². The van der Waals surface area contributed by atoms with Crippen LogP contribution in [-0.2, 0) is 4.79 Å². The van der Waals surface area contributed by atoms with E-state index in [0.29, 0.717) is 5.56 Å². The van der Waals surface area contributed by atoms with Crippen molar-refractivity contribution in [2.45, 2.75) is 0 Å². The van der Waals surface area contributed by atoms with Crippen molar-refractivity contribution in [3.05, 3.63) is 66.0 Å². The van der Waals surface area contributed by atoms with E-state index in [-0.39, 0.29) is 17.5 Å². The zero-order chi connectivity index (χ0) is 11.4. The number of ketones is 1. The second-order valence-corrected chi connectivity index (χ2v) is 3.59. The molecule has 0 fully saturated rings. The average molecular weight is 214 g/mol. The summed E-state index contributed by atoms with van der Waals surface area (Å²) in [6.45, 7) is 0. The van der Waals surface area contributed by atoms with E-state index in [1.807, 2.05) is 24.3 Å². The molecule has 0 amide bonds. The van der Waals surface area contributed by atoms with Crippen LogP contribution in [0.1, 0.15) is 5.56 Å². The summed E-state index contributed by atoms with van der Waals surface area (Å²) in [5.41, 5.74) is 0.694. The van der Waals surface area contributed by atoms with E-state index >= 15 is 0 Å². The molecule has 1 aliphatic carbocycles. The first kappa shape index (κ1) is 10.6. The van der Waals surface area contributed by atoms with E-state index in [2.05, 4.69) is 0 Å². The minimum absolute atomic E-state index is 0.00858. The van der Waals surface area contributed by atoms with Crippen LogP contribution in [0.15, 0.2) is 54.6 Å². The van der Waals surface area contributed by atoms with Crippen molar-refractivity contribution in [2.24, 2.45) is 5.92 Å². The number of allylic oxidation sites excluding steroid dienone is 5. The number of hydrogen-bond donors (Lipinski definition) is 0. The van der Waals surface area contributed by atoms with Gasteiger partial charge in [-0.1, -0.05) is 42.5 Å². The van der Waals surface area contributed by atoms with Crippen molar-refractivity contribution in [2.75, 3.05) is 0 Å². The highest BCUT2D eigenvalue weighted by atomic mass is 19.1. The van der Waals surface area contributed by atoms with Gasteiger partial charge in [0.1, 0.15) is 5.82 Å². The third-order valence-corrected chi connectivity index (χ3v) is 2.37. The molecule has 0 N–H and O–H groups in total. The first-order chi connectivity index (χ1) is 7.75. The predicted molar refractivity (Wildman–Crippen MR) is 62.2 cm³/mol. The van der Waals surface area contributed by atoms with Gasteiger partial charge in [0.15, 0.2) is 5.78 Å². The molecule has 2 rings (SSSR count). The fourth-order valence-electron chi connectivity index (χ4n) is 1.52. The zero-order valence-electron chi connectivity index (χ0n) is 8.64. The zero-order valence-corrected chi connectivity index (χ0v) is 8.64. The number of rotatable bonds is 3. The first-order valence-corrected chi connectivity index (χ1v) is 5.08. The molecule has 1 aliphatic rings. The molecule has 2 heteroatoms. The van der Waals surface area contributed by atoms with Crippen LogP contribution >= 0.6 is 0 Å². The van der Waals surface area contributed by atoms with Crippen LogP contribution in [0.5, 0.6) is 0 Å². The van der Waals surface area contributed by atoms with Gasteiger partial charge in [0, 0.05) is 0 Å². The maximum Gasteiger partial charge on any atom is 0.166 e. The molecule has 1 aromatic rings. The minimum Gasteiger partial charge on any atom is -0.294 e.